The van der Waals surface area contributed by atoms with Crippen molar-refractivity contribution >= 4 is 40.8 Å². The first-order valence-corrected chi connectivity index (χ1v) is 10.3. The van der Waals surface area contributed by atoms with Gasteiger partial charge >= 0.3 is 12.3 Å². The average Bonchev–Trinajstić information content (AvgIpc) is 3.17. The van der Waals surface area contributed by atoms with Gasteiger partial charge in [0.25, 0.3) is 0 Å². The first-order chi connectivity index (χ1) is 15.5. The highest BCUT2D eigenvalue weighted by molar-refractivity contribution is 7.80. The third-order valence-electron chi connectivity index (χ3n) is 4.83. The summed E-state index contributed by atoms with van der Waals surface area (Å²) in [6, 6.07) is 2.70. The summed E-state index contributed by atoms with van der Waals surface area (Å²) in [4.78, 5) is 21.7. The van der Waals surface area contributed by atoms with Crippen molar-refractivity contribution in [3.05, 3.63) is 41.3 Å². The third kappa shape index (κ3) is 5.66. The zero-order valence-corrected chi connectivity index (χ0v) is 18.8. The molecular formula is C20H22F3N7O2S. The van der Waals surface area contributed by atoms with Gasteiger partial charge in [0.2, 0.25) is 0 Å². The lowest BCUT2D eigenvalue weighted by Gasteiger charge is -2.24. The maximum Gasteiger partial charge on any atom is 0.418 e. The smallest absolute Gasteiger partial charge is 0.406 e. The minimum Gasteiger partial charge on any atom is -0.406 e. The van der Waals surface area contributed by atoms with Gasteiger partial charge in [0.1, 0.15) is 5.69 Å². The minimum atomic E-state index is -4.68. The number of carbonyl (C=O) groups excluding carboxylic acids is 1. The van der Waals surface area contributed by atoms with Crippen molar-refractivity contribution in [2.45, 2.75) is 32.5 Å². The Morgan fingerprint density at radius 1 is 1.27 bits per heavy atom. The Morgan fingerprint density at radius 2 is 2.00 bits per heavy atom. The van der Waals surface area contributed by atoms with Crippen molar-refractivity contribution in [2.75, 3.05) is 23.8 Å². The average molecular weight is 482 g/mol. The molecule has 9 nitrogen and oxygen atoms in total. The zero-order chi connectivity index (χ0) is 24.3. The van der Waals surface area contributed by atoms with Crippen molar-refractivity contribution in [3.8, 4) is 5.75 Å². The molecule has 0 bridgehead atoms. The first kappa shape index (κ1) is 24.2. The van der Waals surface area contributed by atoms with E-state index in [4.69, 9.17) is 22.4 Å². The molecule has 1 amide bonds. The zero-order valence-electron chi connectivity index (χ0n) is 18.0. The van der Waals surface area contributed by atoms with Gasteiger partial charge < -0.3 is 25.6 Å². The van der Waals surface area contributed by atoms with Gasteiger partial charge in [-0.05, 0) is 50.2 Å². The summed E-state index contributed by atoms with van der Waals surface area (Å²) in [5.74, 6) is -0.834. The summed E-state index contributed by atoms with van der Waals surface area (Å²) < 4.78 is 43.9. The van der Waals surface area contributed by atoms with E-state index in [0.717, 1.165) is 24.2 Å². The summed E-state index contributed by atoms with van der Waals surface area (Å²) in [6.07, 6.45) is -2.50. The fraction of sp³-hybridized carbons (Fsp3) is 0.350. The van der Waals surface area contributed by atoms with Crippen molar-refractivity contribution < 1.29 is 22.7 Å². The van der Waals surface area contributed by atoms with Gasteiger partial charge in [0, 0.05) is 37.7 Å². The van der Waals surface area contributed by atoms with Crippen LogP contribution in [0.15, 0.2) is 24.5 Å². The molecule has 13 heteroatoms. The number of amides is 1. The number of anilines is 2. The SMILES string of the molecule is CNC(=O)Oc1cc(C(F)(F)F)cnc1NC(=S)NC(=N)c1cc2c(cn1)CCN2C(C)C. The van der Waals surface area contributed by atoms with Gasteiger partial charge in [-0.15, -0.1) is 0 Å². The molecule has 2 aromatic rings. The van der Waals surface area contributed by atoms with Crippen LogP contribution in [0.5, 0.6) is 5.75 Å². The number of nitrogens with zero attached hydrogens (tertiary/aromatic N) is 3. The van der Waals surface area contributed by atoms with Crippen molar-refractivity contribution in [2.24, 2.45) is 0 Å². The molecule has 0 unspecified atom stereocenters. The predicted molar refractivity (Wildman–Crippen MR) is 121 cm³/mol. The van der Waals surface area contributed by atoms with E-state index in [1.807, 2.05) is 0 Å². The molecule has 0 spiro atoms. The normalized spacial score (nSPS) is 12.9. The molecule has 3 rings (SSSR count). The van der Waals surface area contributed by atoms with E-state index >= 15 is 0 Å². The van der Waals surface area contributed by atoms with Crippen LogP contribution in [0.1, 0.15) is 30.7 Å². The van der Waals surface area contributed by atoms with Gasteiger partial charge in [-0.3, -0.25) is 10.4 Å². The number of hydrogen-bond donors (Lipinski definition) is 4. The van der Waals surface area contributed by atoms with Crippen LogP contribution in [-0.4, -0.2) is 46.6 Å². The lowest BCUT2D eigenvalue weighted by atomic mass is 10.2. The van der Waals surface area contributed by atoms with Crippen LogP contribution in [0.25, 0.3) is 0 Å². The molecule has 3 heterocycles. The lowest BCUT2D eigenvalue weighted by molar-refractivity contribution is -0.137. The van der Waals surface area contributed by atoms with Gasteiger partial charge in [-0.2, -0.15) is 13.2 Å². The topological polar surface area (TPSA) is 115 Å². The highest BCUT2D eigenvalue weighted by Gasteiger charge is 2.32. The number of alkyl halides is 3. The number of aromatic nitrogens is 2. The fourth-order valence-corrected chi connectivity index (χ4v) is 3.40. The number of ether oxygens (including phenoxy) is 1. The highest BCUT2D eigenvalue weighted by atomic mass is 32.1. The molecule has 2 aromatic heterocycles. The summed E-state index contributed by atoms with van der Waals surface area (Å²) in [5.41, 5.74) is 1.32. The Labute approximate surface area is 193 Å². The molecule has 0 saturated heterocycles. The van der Waals surface area contributed by atoms with Crippen LogP contribution in [0, 0.1) is 5.41 Å². The largest absolute Gasteiger partial charge is 0.418 e. The Hall–Kier alpha value is -3.48. The number of carbonyl (C=O) groups is 1. The first-order valence-electron chi connectivity index (χ1n) is 9.89. The van der Waals surface area contributed by atoms with E-state index in [-0.39, 0.29) is 22.8 Å². The number of nitrogens with one attached hydrogen (secondary N) is 4. The molecule has 0 aromatic carbocycles. The van der Waals surface area contributed by atoms with Gasteiger partial charge in [0.15, 0.2) is 22.5 Å². The minimum absolute atomic E-state index is 0.119. The maximum absolute atomic E-state index is 13.0. The summed E-state index contributed by atoms with van der Waals surface area (Å²) in [5, 5.41) is 15.5. The molecule has 1 aliphatic rings. The number of fused-ring (bicyclic) bond motifs is 1. The molecule has 0 aliphatic carbocycles. The van der Waals surface area contributed by atoms with Crippen molar-refractivity contribution in [1.82, 2.24) is 20.6 Å². The van der Waals surface area contributed by atoms with E-state index in [2.05, 4.69) is 44.7 Å². The Bertz CT molecular complexity index is 1090. The summed E-state index contributed by atoms with van der Waals surface area (Å²) in [6.45, 7) is 5.02. The standard InChI is InChI=1S/C20H22F3N7O2S/c1-10(2)30-5-4-11-8-26-13(7-14(11)30)16(24)28-18(33)29-17-15(32-19(31)25-3)6-12(9-27-17)20(21,22)23/h6-10H,4-5H2,1-3H3,(H,25,31)(H3,24,27,28,29,33). The quantitative estimate of drug-likeness (QED) is 0.299. The molecule has 0 fully saturated rings. The second-order valence-electron chi connectivity index (χ2n) is 7.40. The molecule has 1 aliphatic heterocycles. The molecule has 176 valence electrons. The molecular weight excluding hydrogens is 459 g/mol. The van der Waals surface area contributed by atoms with Crippen molar-refractivity contribution in [1.29, 1.82) is 5.41 Å². The van der Waals surface area contributed by atoms with Crippen LogP contribution in [0.4, 0.5) is 29.5 Å². The molecule has 0 saturated carbocycles. The van der Waals surface area contributed by atoms with E-state index < -0.39 is 23.6 Å². The van der Waals surface area contributed by atoms with E-state index in [9.17, 15) is 18.0 Å². The fourth-order valence-electron chi connectivity index (χ4n) is 3.21. The number of pyridine rings is 2. The van der Waals surface area contributed by atoms with E-state index in [0.29, 0.717) is 18.0 Å². The monoisotopic (exact) mass is 481 g/mol. The lowest BCUT2D eigenvalue weighted by Crippen LogP contribution is -2.35. The second-order valence-corrected chi connectivity index (χ2v) is 7.81. The van der Waals surface area contributed by atoms with Gasteiger partial charge in [-0.1, -0.05) is 0 Å². The molecule has 4 N–H and O–H groups in total. The number of rotatable bonds is 4. The highest BCUT2D eigenvalue weighted by Crippen LogP contribution is 2.34. The van der Waals surface area contributed by atoms with Crippen LogP contribution in [-0.2, 0) is 12.6 Å². The predicted octanol–water partition coefficient (Wildman–Crippen LogP) is 3.30. The van der Waals surface area contributed by atoms with Gasteiger partial charge in [0.05, 0.1) is 5.56 Å². The Kier molecular flexibility index (Phi) is 7.01. The van der Waals surface area contributed by atoms with Crippen LogP contribution in [0.2, 0.25) is 0 Å². The van der Waals surface area contributed by atoms with Crippen LogP contribution in [0.3, 0.4) is 0 Å². The summed E-state index contributed by atoms with van der Waals surface area (Å²) in [7, 11) is 1.26. The van der Waals surface area contributed by atoms with Crippen LogP contribution >= 0.6 is 12.2 Å². The Morgan fingerprint density at radius 3 is 2.64 bits per heavy atom. The Balaban J connectivity index is 1.76. The van der Waals surface area contributed by atoms with Gasteiger partial charge in [-0.25, -0.2) is 9.78 Å². The number of halogens is 3. The second kappa shape index (κ2) is 9.57. The molecule has 0 atom stereocenters. The number of thiocarbonyl (C=S) groups is 1. The van der Waals surface area contributed by atoms with Crippen molar-refractivity contribution in [3.63, 3.8) is 0 Å². The van der Waals surface area contributed by atoms with E-state index in [1.165, 1.54) is 7.05 Å². The molecule has 0 radical (unpaired) electrons. The maximum atomic E-state index is 13.0. The molecule has 33 heavy (non-hydrogen) atoms. The van der Waals surface area contributed by atoms with Crippen LogP contribution < -0.4 is 25.6 Å². The summed E-state index contributed by atoms with van der Waals surface area (Å²) >= 11 is 5.16. The third-order valence-corrected chi connectivity index (χ3v) is 5.03. The number of amidine groups is 1. The number of hydrogen-bond acceptors (Lipinski definition) is 7. The van der Waals surface area contributed by atoms with E-state index in [1.54, 1.807) is 12.3 Å².